The summed E-state index contributed by atoms with van der Waals surface area (Å²) >= 11 is 0. The van der Waals surface area contributed by atoms with Gasteiger partial charge in [-0.15, -0.1) is 0 Å². The minimum atomic E-state index is -0.0235. The molecule has 1 N–H and O–H groups in total. The van der Waals surface area contributed by atoms with Crippen LogP contribution in [0.2, 0.25) is 0 Å². The molecule has 0 spiro atoms. The third kappa shape index (κ3) is 3.71. The van der Waals surface area contributed by atoms with Crippen molar-refractivity contribution in [1.82, 2.24) is 15.4 Å². The number of likely N-dealkylation sites (N-methyl/N-ethyl adjacent to an activating group) is 1. The van der Waals surface area contributed by atoms with Gasteiger partial charge in [-0.25, -0.2) is 0 Å². The highest BCUT2D eigenvalue weighted by molar-refractivity contribution is 5.77. The first-order chi connectivity index (χ1) is 9.72. The highest BCUT2D eigenvalue weighted by Gasteiger charge is 2.11. The molecule has 0 aliphatic rings. The van der Waals surface area contributed by atoms with E-state index >= 15 is 0 Å². The number of hydrogen-bond donors (Lipinski definition) is 1. The molecule has 0 aliphatic heterocycles. The Labute approximate surface area is 117 Å². The van der Waals surface area contributed by atoms with E-state index in [1.165, 1.54) is 0 Å². The molecule has 2 aromatic heterocycles. The Balaban J connectivity index is 1.84. The second-order valence-corrected chi connectivity index (χ2v) is 4.39. The van der Waals surface area contributed by atoms with E-state index in [1.807, 2.05) is 18.7 Å². The van der Waals surface area contributed by atoms with Crippen molar-refractivity contribution in [1.29, 1.82) is 0 Å². The van der Waals surface area contributed by atoms with Gasteiger partial charge >= 0.3 is 0 Å². The molecule has 0 radical (unpaired) electrons. The highest BCUT2D eigenvalue weighted by Crippen LogP contribution is 2.19. The van der Waals surface area contributed by atoms with E-state index in [2.05, 4.69) is 10.5 Å². The van der Waals surface area contributed by atoms with E-state index in [4.69, 9.17) is 8.94 Å². The molecule has 0 unspecified atom stereocenters. The van der Waals surface area contributed by atoms with Crippen molar-refractivity contribution in [2.75, 3.05) is 19.6 Å². The minimum absolute atomic E-state index is 0.0235. The molecule has 0 aromatic carbocycles. The number of aromatic nitrogens is 1. The van der Waals surface area contributed by atoms with Gasteiger partial charge in [0, 0.05) is 6.07 Å². The monoisotopic (exact) mass is 277 g/mol. The van der Waals surface area contributed by atoms with Gasteiger partial charge in [-0.3, -0.25) is 9.69 Å². The largest absolute Gasteiger partial charge is 0.463 e. The molecule has 0 saturated heterocycles. The molecule has 108 valence electrons. The molecule has 0 bridgehead atoms. The molecule has 0 atom stereocenters. The molecule has 2 rings (SSSR count). The lowest BCUT2D eigenvalue weighted by Gasteiger charge is -2.16. The minimum Gasteiger partial charge on any atom is -0.463 e. The molecular formula is C14H19N3O3. The van der Waals surface area contributed by atoms with Crippen LogP contribution in [0.5, 0.6) is 0 Å². The molecule has 2 aromatic rings. The van der Waals surface area contributed by atoms with Gasteiger partial charge in [0.05, 0.1) is 19.4 Å². The third-order valence-corrected chi connectivity index (χ3v) is 3.05. The fraction of sp³-hybridized carbons (Fsp3) is 0.429. The lowest BCUT2D eigenvalue weighted by molar-refractivity contribution is -0.122. The zero-order valence-corrected chi connectivity index (χ0v) is 11.8. The van der Waals surface area contributed by atoms with E-state index in [0.29, 0.717) is 30.3 Å². The molecule has 2 heterocycles. The fourth-order valence-corrected chi connectivity index (χ4v) is 1.83. The van der Waals surface area contributed by atoms with Gasteiger partial charge in [-0.05, 0) is 25.2 Å². The fourth-order valence-electron chi connectivity index (χ4n) is 1.83. The SMILES string of the molecule is CCN(CC)CC(=O)NCc1cc(-c2ccco2)no1. The number of furan rings is 1. The van der Waals surface area contributed by atoms with E-state index in [0.717, 1.165) is 13.1 Å². The van der Waals surface area contributed by atoms with Crippen LogP contribution < -0.4 is 5.32 Å². The van der Waals surface area contributed by atoms with Crippen LogP contribution in [0.4, 0.5) is 0 Å². The molecule has 20 heavy (non-hydrogen) atoms. The molecule has 6 nitrogen and oxygen atoms in total. The van der Waals surface area contributed by atoms with E-state index in [1.54, 1.807) is 24.5 Å². The van der Waals surface area contributed by atoms with Crippen LogP contribution in [-0.4, -0.2) is 35.6 Å². The number of amides is 1. The lowest BCUT2D eigenvalue weighted by atomic mass is 10.3. The van der Waals surface area contributed by atoms with Crippen LogP contribution in [0.3, 0.4) is 0 Å². The molecule has 6 heteroatoms. The van der Waals surface area contributed by atoms with Gasteiger partial charge in [0.1, 0.15) is 5.69 Å². The predicted octanol–water partition coefficient (Wildman–Crippen LogP) is 1.89. The quantitative estimate of drug-likeness (QED) is 0.836. The van der Waals surface area contributed by atoms with E-state index in [9.17, 15) is 4.79 Å². The van der Waals surface area contributed by atoms with E-state index in [-0.39, 0.29) is 5.91 Å². The summed E-state index contributed by atoms with van der Waals surface area (Å²) in [5, 5.41) is 6.71. The number of carbonyl (C=O) groups is 1. The van der Waals surface area contributed by atoms with Crippen molar-refractivity contribution >= 4 is 5.91 Å². The van der Waals surface area contributed by atoms with Crippen molar-refractivity contribution < 1.29 is 13.7 Å². The summed E-state index contributed by atoms with van der Waals surface area (Å²) in [7, 11) is 0. The van der Waals surface area contributed by atoms with Gasteiger partial charge in [-0.2, -0.15) is 0 Å². The Morgan fingerprint density at radius 2 is 2.20 bits per heavy atom. The number of rotatable bonds is 7. The second kappa shape index (κ2) is 6.91. The van der Waals surface area contributed by atoms with E-state index < -0.39 is 0 Å². The van der Waals surface area contributed by atoms with Crippen molar-refractivity contribution in [3.63, 3.8) is 0 Å². The smallest absolute Gasteiger partial charge is 0.234 e. The van der Waals surface area contributed by atoms with Gasteiger partial charge in [-0.1, -0.05) is 19.0 Å². The highest BCUT2D eigenvalue weighted by atomic mass is 16.5. The first-order valence-corrected chi connectivity index (χ1v) is 6.71. The van der Waals surface area contributed by atoms with Crippen molar-refractivity contribution in [3.05, 3.63) is 30.2 Å². The summed E-state index contributed by atoms with van der Waals surface area (Å²) < 4.78 is 10.4. The first kappa shape index (κ1) is 14.3. The molecular weight excluding hydrogens is 258 g/mol. The summed E-state index contributed by atoms with van der Waals surface area (Å²) in [6.45, 7) is 6.50. The van der Waals surface area contributed by atoms with Crippen LogP contribution in [-0.2, 0) is 11.3 Å². The molecule has 0 saturated carbocycles. The zero-order valence-electron chi connectivity index (χ0n) is 11.8. The maximum Gasteiger partial charge on any atom is 0.234 e. The topological polar surface area (TPSA) is 71.5 Å². The normalized spacial score (nSPS) is 10.9. The summed E-state index contributed by atoms with van der Waals surface area (Å²) in [5.74, 6) is 1.23. The maximum absolute atomic E-state index is 11.7. The zero-order chi connectivity index (χ0) is 14.4. The number of carbonyl (C=O) groups excluding carboxylic acids is 1. The van der Waals surface area contributed by atoms with Crippen LogP contribution >= 0.6 is 0 Å². The van der Waals surface area contributed by atoms with Gasteiger partial charge in [0.2, 0.25) is 5.91 Å². The molecule has 0 fully saturated rings. The Morgan fingerprint density at radius 1 is 1.40 bits per heavy atom. The summed E-state index contributed by atoms with van der Waals surface area (Å²) in [6.07, 6.45) is 1.58. The summed E-state index contributed by atoms with van der Waals surface area (Å²) in [4.78, 5) is 13.8. The first-order valence-electron chi connectivity index (χ1n) is 6.71. The van der Waals surface area contributed by atoms with Crippen molar-refractivity contribution in [2.24, 2.45) is 0 Å². The van der Waals surface area contributed by atoms with Crippen LogP contribution in [0.25, 0.3) is 11.5 Å². The average Bonchev–Trinajstić information content (AvgIpc) is 3.12. The summed E-state index contributed by atoms with van der Waals surface area (Å²) in [5.41, 5.74) is 0.628. The van der Waals surface area contributed by atoms with Gasteiger partial charge in [0.15, 0.2) is 11.5 Å². The summed E-state index contributed by atoms with van der Waals surface area (Å²) in [6, 6.07) is 5.35. The number of nitrogens with one attached hydrogen (secondary N) is 1. The van der Waals surface area contributed by atoms with Crippen LogP contribution in [0.1, 0.15) is 19.6 Å². The van der Waals surface area contributed by atoms with Crippen LogP contribution in [0.15, 0.2) is 33.4 Å². The Bertz CT molecular complexity index is 530. The average molecular weight is 277 g/mol. The maximum atomic E-state index is 11.7. The van der Waals surface area contributed by atoms with Gasteiger partial charge < -0.3 is 14.3 Å². The standard InChI is InChI=1S/C14H19N3O3/c1-3-17(4-2)10-14(18)15-9-11-8-12(16-20-11)13-6-5-7-19-13/h5-8H,3-4,9-10H2,1-2H3,(H,15,18). The lowest BCUT2D eigenvalue weighted by Crippen LogP contribution is -2.36. The Kier molecular flexibility index (Phi) is 4.95. The molecule has 0 aliphatic carbocycles. The molecule has 1 amide bonds. The third-order valence-electron chi connectivity index (χ3n) is 3.05. The number of hydrogen-bond acceptors (Lipinski definition) is 5. The van der Waals surface area contributed by atoms with Crippen LogP contribution in [0, 0.1) is 0 Å². The Morgan fingerprint density at radius 3 is 2.85 bits per heavy atom. The van der Waals surface area contributed by atoms with Crippen molar-refractivity contribution in [2.45, 2.75) is 20.4 Å². The van der Waals surface area contributed by atoms with Gasteiger partial charge in [0.25, 0.3) is 0 Å². The second-order valence-electron chi connectivity index (χ2n) is 4.39. The Hall–Kier alpha value is -2.08. The number of nitrogens with zero attached hydrogens (tertiary/aromatic N) is 2. The predicted molar refractivity (Wildman–Crippen MR) is 73.8 cm³/mol. The van der Waals surface area contributed by atoms with Crippen molar-refractivity contribution in [3.8, 4) is 11.5 Å².